The van der Waals surface area contributed by atoms with E-state index in [9.17, 15) is 9.59 Å². The van der Waals surface area contributed by atoms with Gasteiger partial charge in [0, 0.05) is 6.54 Å². The number of carbonyl (C=O) groups is 1. The van der Waals surface area contributed by atoms with Crippen molar-refractivity contribution in [2.24, 2.45) is 0 Å². The quantitative estimate of drug-likeness (QED) is 0.688. The molecule has 1 aliphatic rings. The largest absolute Gasteiger partial charge is 0.454 e. The second-order valence-electron chi connectivity index (χ2n) is 5.83. The van der Waals surface area contributed by atoms with Gasteiger partial charge in [0.05, 0.1) is 10.9 Å². The Kier molecular flexibility index (Phi) is 4.18. The summed E-state index contributed by atoms with van der Waals surface area (Å²) in [6.45, 7) is 0.367. The summed E-state index contributed by atoms with van der Waals surface area (Å²) in [4.78, 5) is 27.8. The van der Waals surface area contributed by atoms with Crippen LogP contribution in [0, 0.1) is 4.77 Å². The van der Waals surface area contributed by atoms with E-state index >= 15 is 0 Å². The van der Waals surface area contributed by atoms with Gasteiger partial charge >= 0.3 is 0 Å². The van der Waals surface area contributed by atoms with Crippen LogP contribution in [-0.2, 0) is 17.9 Å². The molecule has 26 heavy (non-hydrogen) atoms. The smallest absolute Gasteiger partial charge is 0.262 e. The number of hydrogen-bond acceptors (Lipinski definition) is 5. The number of H-pyrrole nitrogens is 1. The van der Waals surface area contributed by atoms with Gasteiger partial charge in [-0.1, -0.05) is 18.2 Å². The molecule has 0 unspecified atom stereocenters. The summed E-state index contributed by atoms with van der Waals surface area (Å²) in [6.07, 6.45) is 0. The molecule has 1 amide bonds. The maximum absolute atomic E-state index is 12.6. The molecule has 1 aliphatic heterocycles. The first kappa shape index (κ1) is 16.3. The number of nitrogens with zero attached hydrogens (tertiary/aromatic N) is 1. The number of fused-ring (bicyclic) bond motifs is 2. The molecule has 2 heterocycles. The van der Waals surface area contributed by atoms with Crippen molar-refractivity contribution in [3.8, 4) is 11.5 Å². The lowest BCUT2D eigenvalue weighted by Crippen LogP contribution is -2.32. The first-order valence-corrected chi connectivity index (χ1v) is 8.40. The van der Waals surface area contributed by atoms with Crippen LogP contribution in [0.4, 0.5) is 0 Å². The van der Waals surface area contributed by atoms with E-state index in [0.29, 0.717) is 28.9 Å². The number of benzene rings is 2. The normalized spacial score (nSPS) is 12.3. The highest BCUT2D eigenvalue weighted by molar-refractivity contribution is 7.71. The lowest BCUT2D eigenvalue weighted by molar-refractivity contribution is -0.121. The van der Waals surface area contributed by atoms with Gasteiger partial charge in [-0.15, -0.1) is 0 Å². The molecule has 7 nitrogen and oxygen atoms in total. The number of aromatic amines is 1. The fraction of sp³-hybridized carbons (Fsp3) is 0.167. The standard InChI is InChI=1S/C18H15N3O4S/c22-16(19-8-11-5-6-14-15(7-11)25-10-24-14)9-21-17(23)12-3-1-2-4-13(12)20-18(21)26/h1-7H,8-10H2,(H,19,22)(H,20,26). The molecule has 0 radical (unpaired) electrons. The summed E-state index contributed by atoms with van der Waals surface area (Å²) in [5.74, 6) is 1.04. The minimum atomic E-state index is -0.306. The van der Waals surface area contributed by atoms with Crippen molar-refractivity contribution in [2.45, 2.75) is 13.1 Å². The fourth-order valence-corrected chi connectivity index (χ4v) is 3.05. The number of hydrogen-bond donors (Lipinski definition) is 2. The highest BCUT2D eigenvalue weighted by Gasteiger charge is 2.14. The highest BCUT2D eigenvalue weighted by Crippen LogP contribution is 2.32. The van der Waals surface area contributed by atoms with E-state index in [1.165, 1.54) is 4.57 Å². The molecular weight excluding hydrogens is 354 g/mol. The summed E-state index contributed by atoms with van der Waals surface area (Å²) in [5, 5.41) is 3.28. The Balaban J connectivity index is 1.49. The van der Waals surface area contributed by atoms with Gasteiger partial charge in [0.1, 0.15) is 6.54 Å². The SMILES string of the molecule is O=C(Cn1c(=S)[nH]c2ccccc2c1=O)NCc1ccc2c(c1)OCO2. The minimum Gasteiger partial charge on any atom is -0.454 e. The van der Waals surface area contributed by atoms with E-state index in [4.69, 9.17) is 21.7 Å². The van der Waals surface area contributed by atoms with Crippen LogP contribution in [0.3, 0.4) is 0 Å². The van der Waals surface area contributed by atoms with E-state index in [1.54, 1.807) is 24.3 Å². The number of aromatic nitrogens is 2. The molecule has 2 N–H and O–H groups in total. The second kappa shape index (κ2) is 6.64. The van der Waals surface area contributed by atoms with Gasteiger partial charge in [0.2, 0.25) is 12.7 Å². The Hall–Kier alpha value is -3.13. The maximum Gasteiger partial charge on any atom is 0.262 e. The molecular formula is C18H15N3O4S. The average molecular weight is 369 g/mol. The van der Waals surface area contributed by atoms with Crippen molar-refractivity contribution in [3.63, 3.8) is 0 Å². The molecule has 0 atom stereocenters. The predicted octanol–water partition coefficient (Wildman–Crippen LogP) is 2.10. The predicted molar refractivity (Wildman–Crippen MR) is 97.8 cm³/mol. The van der Waals surface area contributed by atoms with E-state index in [2.05, 4.69) is 10.3 Å². The van der Waals surface area contributed by atoms with Crippen molar-refractivity contribution in [1.82, 2.24) is 14.9 Å². The summed E-state index contributed by atoms with van der Waals surface area (Å²) in [6, 6.07) is 12.5. The van der Waals surface area contributed by atoms with Gasteiger partial charge in [0.25, 0.3) is 5.56 Å². The van der Waals surface area contributed by atoms with Crippen molar-refractivity contribution in [1.29, 1.82) is 0 Å². The Morgan fingerprint density at radius 1 is 1.19 bits per heavy atom. The highest BCUT2D eigenvalue weighted by atomic mass is 32.1. The van der Waals surface area contributed by atoms with E-state index < -0.39 is 0 Å². The third kappa shape index (κ3) is 3.06. The van der Waals surface area contributed by atoms with Crippen LogP contribution >= 0.6 is 12.2 Å². The number of rotatable bonds is 4. The summed E-state index contributed by atoms with van der Waals surface area (Å²) in [5.41, 5.74) is 1.24. The van der Waals surface area contributed by atoms with E-state index in [1.807, 2.05) is 18.2 Å². The Morgan fingerprint density at radius 2 is 2.00 bits per heavy atom. The number of para-hydroxylation sites is 1. The van der Waals surface area contributed by atoms with Crippen LogP contribution in [0.2, 0.25) is 0 Å². The lowest BCUT2D eigenvalue weighted by Gasteiger charge is -2.09. The fourth-order valence-electron chi connectivity index (χ4n) is 2.79. The Labute approximate surface area is 153 Å². The Bertz CT molecular complexity index is 1120. The molecule has 0 saturated carbocycles. The summed E-state index contributed by atoms with van der Waals surface area (Å²) in [7, 11) is 0. The third-order valence-corrected chi connectivity index (χ3v) is 4.44. The van der Waals surface area contributed by atoms with Crippen LogP contribution in [0.1, 0.15) is 5.56 Å². The molecule has 0 bridgehead atoms. The molecule has 132 valence electrons. The van der Waals surface area contributed by atoms with Gasteiger partial charge in [-0.25, -0.2) is 0 Å². The molecule has 0 fully saturated rings. The topological polar surface area (TPSA) is 85.4 Å². The third-order valence-electron chi connectivity index (χ3n) is 4.12. The zero-order valence-corrected chi connectivity index (χ0v) is 14.5. The molecule has 0 aliphatic carbocycles. The number of ether oxygens (including phenoxy) is 2. The molecule has 8 heteroatoms. The maximum atomic E-state index is 12.6. The summed E-state index contributed by atoms with van der Waals surface area (Å²) < 4.78 is 12.0. The lowest BCUT2D eigenvalue weighted by atomic mass is 10.2. The molecule has 1 aromatic heterocycles. The molecule has 0 spiro atoms. The zero-order valence-electron chi connectivity index (χ0n) is 13.7. The Morgan fingerprint density at radius 3 is 2.88 bits per heavy atom. The van der Waals surface area contributed by atoms with Crippen molar-refractivity contribution in [3.05, 3.63) is 63.2 Å². The van der Waals surface area contributed by atoms with Gasteiger partial charge in [-0.3, -0.25) is 14.2 Å². The first-order chi connectivity index (χ1) is 12.6. The summed E-state index contributed by atoms with van der Waals surface area (Å²) >= 11 is 5.21. The molecule has 4 rings (SSSR count). The van der Waals surface area contributed by atoms with Gasteiger partial charge < -0.3 is 19.8 Å². The van der Waals surface area contributed by atoms with E-state index in [-0.39, 0.29) is 29.6 Å². The van der Waals surface area contributed by atoms with Crippen molar-refractivity contribution in [2.75, 3.05) is 6.79 Å². The molecule has 2 aromatic carbocycles. The van der Waals surface area contributed by atoms with Crippen molar-refractivity contribution < 1.29 is 14.3 Å². The van der Waals surface area contributed by atoms with Crippen LogP contribution in [-0.4, -0.2) is 22.3 Å². The van der Waals surface area contributed by atoms with Crippen LogP contribution < -0.4 is 20.3 Å². The van der Waals surface area contributed by atoms with E-state index in [0.717, 1.165) is 5.56 Å². The minimum absolute atomic E-state index is 0.149. The first-order valence-electron chi connectivity index (χ1n) is 7.99. The number of amides is 1. The second-order valence-corrected chi connectivity index (χ2v) is 6.22. The van der Waals surface area contributed by atoms with Crippen LogP contribution in [0.15, 0.2) is 47.3 Å². The molecule has 3 aromatic rings. The number of carbonyl (C=O) groups excluding carboxylic acids is 1. The van der Waals surface area contributed by atoms with Gasteiger partial charge in [-0.05, 0) is 42.0 Å². The van der Waals surface area contributed by atoms with Crippen LogP contribution in [0.25, 0.3) is 10.9 Å². The van der Waals surface area contributed by atoms with Gasteiger partial charge in [0.15, 0.2) is 16.3 Å². The average Bonchev–Trinajstić information content (AvgIpc) is 3.11. The van der Waals surface area contributed by atoms with Crippen LogP contribution in [0.5, 0.6) is 11.5 Å². The number of nitrogens with one attached hydrogen (secondary N) is 2. The van der Waals surface area contributed by atoms with Crippen molar-refractivity contribution >= 4 is 29.0 Å². The monoisotopic (exact) mass is 369 g/mol. The van der Waals surface area contributed by atoms with Gasteiger partial charge in [-0.2, -0.15) is 0 Å². The molecule has 0 saturated heterocycles. The zero-order chi connectivity index (χ0) is 18.1.